The molecule has 0 radical (unpaired) electrons. The zero-order valence-corrected chi connectivity index (χ0v) is 11.2. The number of rotatable bonds is 4. The van der Waals surface area contributed by atoms with Crippen LogP contribution in [0.2, 0.25) is 0 Å². The number of benzene rings is 1. The first-order valence-electron chi connectivity index (χ1n) is 5.69. The van der Waals surface area contributed by atoms with Gasteiger partial charge in [-0.05, 0) is 23.8 Å². The average molecular weight is 275 g/mol. The van der Waals surface area contributed by atoms with E-state index >= 15 is 0 Å². The molecule has 19 heavy (non-hydrogen) atoms. The Morgan fingerprint density at radius 2 is 2.00 bits per heavy atom. The third kappa shape index (κ3) is 3.48. The number of ketones is 1. The summed E-state index contributed by atoms with van der Waals surface area (Å²) in [7, 11) is -3.30. The van der Waals surface area contributed by atoms with Gasteiger partial charge < -0.3 is 0 Å². The number of aromatic nitrogens is 1. The van der Waals surface area contributed by atoms with E-state index in [1.54, 1.807) is 30.6 Å². The van der Waals surface area contributed by atoms with Crippen LogP contribution < -0.4 is 0 Å². The van der Waals surface area contributed by atoms with E-state index in [9.17, 15) is 13.2 Å². The van der Waals surface area contributed by atoms with Crippen LogP contribution in [0.15, 0.2) is 53.7 Å². The summed E-state index contributed by atoms with van der Waals surface area (Å²) in [6.07, 6.45) is 4.59. The Kier molecular flexibility index (Phi) is 3.76. The lowest BCUT2D eigenvalue weighted by atomic mass is 10.0. The second-order valence-electron chi connectivity index (χ2n) is 4.26. The molecule has 0 atom stereocenters. The topological polar surface area (TPSA) is 64.1 Å². The SMILES string of the molecule is CS(=O)(=O)c1cccc(C(=O)Cc2cccnc2)c1. The highest BCUT2D eigenvalue weighted by molar-refractivity contribution is 7.90. The Labute approximate surface area is 112 Å². The summed E-state index contributed by atoms with van der Waals surface area (Å²) in [6, 6.07) is 9.66. The van der Waals surface area contributed by atoms with Gasteiger partial charge in [-0.25, -0.2) is 8.42 Å². The number of carbonyl (C=O) groups is 1. The maximum Gasteiger partial charge on any atom is 0.175 e. The van der Waals surface area contributed by atoms with Crippen molar-refractivity contribution in [3.8, 4) is 0 Å². The van der Waals surface area contributed by atoms with Crippen molar-refractivity contribution < 1.29 is 13.2 Å². The monoisotopic (exact) mass is 275 g/mol. The first-order chi connectivity index (χ1) is 8.97. The van der Waals surface area contributed by atoms with Crippen LogP contribution in [0.1, 0.15) is 15.9 Å². The summed E-state index contributed by atoms with van der Waals surface area (Å²) in [4.78, 5) is 16.2. The summed E-state index contributed by atoms with van der Waals surface area (Å²) in [5.41, 5.74) is 1.20. The maximum atomic E-state index is 12.1. The lowest BCUT2D eigenvalue weighted by molar-refractivity contribution is 0.0992. The first kappa shape index (κ1) is 13.4. The van der Waals surface area contributed by atoms with Crippen LogP contribution in [0.5, 0.6) is 0 Å². The molecule has 98 valence electrons. The standard InChI is InChI=1S/C14H13NO3S/c1-19(17,18)13-6-2-5-12(9-13)14(16)8-11-4-3-7-15-10-11/h2-7,9-10H,8H2,1H3. The van der Waals surface area contributed by atoms with Crippen LogP contribution in [0, 0.1) is 0 Å². The van der Waals surface area contributed by atoms with Crippen LogP contribution in [-0.2, 0) is 16.3 Å². The number of nitrogens with zero attached hydrogens (tertiary/aromatic N) is 1. The highest BCUT2D eigenvalue weighted by Gasteiger charge is 2.12. The second-order valence-corrected chi connectivity index (χ2v) is 6.28. The third-order valence-electron chi connectivity index (χ3n) is 2.67. The predicted octanol–water partition coefficient (Wildman–Crippen LogP) is 1.91. The molecular weight excluding hydrogens is 262 g/mol. The summed E-state index contributed by atoms with van der Waals surface area (Å²) in [5, 5.41) is 0. The molecule has 0 N–H and O–H groups in total. The maximum absolute atomic E-state index is 12.1. The number of hydrogen-bond donors (Lipinski definition) is 0. The van der Waals surface area contributed by atoms with E-state index in [1.807, 2.05) is 6.07 Å². The molecule has 0 aliphatic heterocycles. The molecule has 0 saturated carbocycles. The molecule has 0 spiro atoms. The fourth-order valence-corrected chi connectivity index (χ4v) is 2.36. The molecule has 0 aliphatic carbocycles. The summed E-state index contributed by atoms with van der Waals surface area (Å²) in [5.74, 6) is -0.126. The lowest BCUT2D eigenvalue weighted by Gasteiger charge is -2.03. The average Bonchev–Trinajstić information content (AvgIpc) is 2.39. The zero-order valence-electron chi connectivity index (χ0n) is 10.4. The molecule has 0 amide bonds. The minimum absolute atomic E-state index is 0.126. The Bertz CT molecular complexity index is 694. The van der Waals surface area contributed by atoms with Crippen molar-refractivity contribution in [2.75, 3.05) is 6.26 Å². The fraction of sp³-hybridized carbons (Fsp3) is 0.143. The van der Waals surface area contributed by atoms with Crippen molar-refractivity contribution in [3.63, 3.8) is 0 Å². The molecule has 0 fully saturated rings. The van der Waals surface area contributed by atoms with Gasteiger partial charge in [0.05, 0.1) is 4.90 Å². The van der Waals surface area contributed by atoms with Crippen molar-refractivity contribution in [2.45, 2.75) is 11.3 Å². The van der Waals surface area contributed by atoms with Gasteiger partial charge in [-0.15, -0.1) is 0 Å². The molecule has 0 unspecified atom stereocenters. The number of carbonyl (C=O) groups excluding carboxylic acids is 1. The molecule has 0 aliphatic rings. The van der Waals surface area contributed by atoms with Crippen molar-refractivity contribution in [1.29, 1.82) is 0 Å². The minimum atomic E-state index is -3.30. The highest BCUT2D eigenvalue weighted by Crippen LogP contribution is 2.13. The quantitative estimate of drug-likeness (QED) is 0.800. The van der Waals surface area contributed by atoms with E-state index in [0.717, 1.165) is 11.8 Å². The van der Waals surface area contributed by atoms with Gasteiger partial charge in [0.15, 0.2) is 15.6 Å². The van der Waals surface area contributed by atoms with Crippen molar-refractivity contribution in [1.82, 2.24) is 4.98 Å². The molecule has 1 heterocycles. The molecule has 2 aromatic rings. The van der Waals surface area contributed by atoms with Gasteiger partial charge in [0.25, 0.3) is 0 Å². The van der Waals surface area contributed by atoms with Crippen LogP contribution in [-0.4, -0.2) is 25.4 Å². The zero-order chi connectivity index (χ0) is 13.9. The van der Waals surface area contributed by atoms with E-state index in [-0.39, 0.29) is 17.1 Å². The van der Waals surface area contributed by atoms with Crippen molar-refractivity contribution in [2.24, 2.45) is 0 Å². The number of hydrogen-bond acceptors (Lipinski definition) is 4. The van der Waals surface area contributed by atoms with E-state index in [0.29, 0.717) is 5.56 Å². The van der Waals surface area contributed by atoms with Gasteiger partial charge in [-0.1, -0.05) is 18.2 Å². The number of Topliss-reactive ketones (excluding diaryl/α,β-unsaturated/α-hetero) is 1. The van der Waals surface area contributed by atoms with E-state index in [4.69, 9.17) is 0 Å². The summed E-state index contributed by atoms with van der Waals surface area (Å²) < 4.78 is 22.9. The number of pyridine rings is 1. The molecule has 2 rings (SSSR count). The van der Waals surface area contributed by atoms with Gasteiger partial charge >= 0.3 is 0 Å². The molecule has 4 nitrogen and oxygen atoms in total. The smallest absolute Gasteiger partial charge is 0.175 e. The Balaban J connectivity index is 2.25. The van der Waals surface area contributed by atoms with Crippen LogP contribution in [0.4, 0.5) is 0 Å². The summed E-state index contributed by atoms with van der Waals surface area (Å²) in [6.45, 7) is 0. The van der Waals surface area contributed by atoms with Crippen LogP contribution >= 0.6 is 0 Å². The Morgan fingerprint density at radius 1 is 1.21 bits per heavy atom. The van der Waals surface area contributed by atoms with Crippen molar-refractivity contribution >= 4 is 15.6 Å². The Morgan fingerprint density at radius 3 is 2.63 bits per heavy atom. The van der Waals surface area contributed by atoms with E-state index < -0.39 is 9.84 Å². The molecule has 1 aromatic heterocycles. The van der Waals surface area contributed by atoms with Crippen LogP contribution in [0.25, 0.3) is 0 Å². The highest BCUT2D eigenvalue weighted by atomic mass is 32.2. The predicted molar refractivity (Wildman–Crippen MR) is 71.8 cm³/mol. The van der Waals surface area contributed by atoms with Gasteiger partial charge in [-0.2, -0.15) is 0 Å². The molecular formula is C14H13NO3S. The first-order valence-corrected chi connectivity index (χ1v) is 7.58. The molecule has 0 saturated heterocycles. The molecule has 0 bridgehead atoms. The lowest BCUT2D eigenvalue weighted by Crippen LogP contribution is -2.05. The largest absolute Gasteiger partial charge is 0.294 e. The van der Waals surface area contributed by atoms with Gasteiger partial charge in [-0.3, -0.25) is 9.78 Å². The second kappa shape index (κ2) is 5.32. The van der Waals surface area contributed by atoms with Gasteiger partial charge in [0.1, 0.15) is 0 Å². The number of sulfone groups is 1. The van der Waals surface area contributed by atoms with Gasteiger partial charge in [0.2, 0.25) is 0 Å². The van der Waals surface area contributed by atoms with Gasteiger partial charge in [0, 0.05) is 30.6 Å². The normalized spacial score (nSPS) is 11.2. The third-order valence-corrected chi connectivity index (χ3v) is 3.78. The fourth-order valence-electron chi connectivity index (χ4n) is 1.69. The Hall–Kier alpha value is -2.01. The van der Waals surface area contributed by atoms with Crippen molar-refractivity contribution in [3.05, 3.63) is 59.9 Å². The minimum Gasteiger partial charge on any atom is -0.294 e. The molecule has 1 aromatic carbocycles. The van der Waals surface area contributed by atoms with E-state index in [1.165, 1.54) is 12.1 Å². The van der Waals surface area contributed by atoms with Crippen LogP contribution in [0.3, 0.4) is 0 Å². The summed E-state index contributed by atoms with van der Waals surface area (Å²) >= 11 is 0. The molecule has 5 heteroatoms. The van der Waals surface area contributed by atoms with E-state index in [2.05, 4.69) is 4.98 Å².